The molecule has 0 aliphatic heterocycles. The minimum Gasteiger partial charge on any atom is -0.508 e. The molecule has 0 aromatic heterocycles. The van der Waals surface area contributed by atoms with Gasteiger partial charge in [0.25, 0.3) is 0 Å². The summed E-state index contributed by atoms with van der Waals surface area (Å²) in [6.07, 6.45) is 1.18. The summed E-state index contributed by atoms with van der Waals surface area (Å²) in [5.41, 5.74) is 3.30. The van der Waals surface area contributed by atoms with E-state index in [1.165, 1.54) is 0 Å². The number of benzene rings is 2. The predicted molar refractivity (Wildman–Crippen MR) is 79.7 cm³/mol. The van der Waals surface area contributed by atoms with E-state index < -0.39 is 0 Å². The fourth-order valence-corrected chi connectivity index (χ4v) is 2.05. The third-order valence-electron chi connectivity index (χ3n) is 3.28. The van der Waals surface area contributed by atoms with Crippen molar-refractivity contribution < 1.29 is 9.90 Å². The molecule has 20 heavy (non-hydrogen) atoms. The first-order valence-corrected chi connectivity index (χ1v) is 6.74. The van der Waals surface area contributed by atoms with Crippen molar-refractivity contribution in [1.29, 1.82) is 0 Å². The Morgan fingerprint density at radius 3 is 2.50 bits per heavy atom. The Balaban J connectivity index is 1.78. The maximum atomic E-state index is 11.9. The van der Waals surface area contributed by atoms with Crippen LogP contribution in [0.5, 0.6) is 5.75 Å². The summed E-state index contributed by atoms with van der Waals surface area (Å²) in [5.74, 6) is 0.301. The second-order valence-corrected chi connectivity index (χ2v) is 4.87. The fraction of sp³-hybridized carbons (Fsp3) is 0.235. The number of amides is 1. The van der Waals surface area contributed by atoms with Gasteiger partial charge in [-0.3, -0.25) is 4.79 Å². The Kier molecular flexibility index (Phi) is 4.77. The van der Waals surface area contributed by atoms with E-state index >= 15 is 0 Å². The summed E-state index contributed by atoms with van der Waals surface area (Å²) in [6, 6.07) is 15.0. The predicted octanol–water partition coefficient (Wildman–Crippen LogP) is 2.60. The monoisotopic (exact) mass is 269 g/mol. The zero-order valence-electron chi connectivity index (χ0n) is 11.6. The highest BCUT2D eigenvalue weighted by Gasteiger charge is 2.04. The molecule has 1 amide bonds. The van der Waals surface area contributed by atoms with Gasteiger partial charge in [0.15, 0.2) is 0 Å². The molecule has 2 aromatic carbocycles. The summed E-state index contributed by atoms with van der Waals surface area (Å²) in [4.78, 5) is 11.9. The molecule has 0 saturated carbocycles. The standard InChI is InChI=1S/C17H19NO2/c1-13-4-2-3-5-15(13)12-17(20)18-11-10-14-6-8-16(19)9-7-14/h2-9,19H,10-12H2,1H3,(H,18,20). The summed E-state index contributed by atoms with van der Waals surface area (Å²) >= 11 is 0. The lowest BCUT2D eigenvalue weighted by Crippen LogP contribution is -2.27. The minimum absolute atomic E-state index is 0.0399. The number of carbonyl (C=O) groups is 1. The van der Waals surface area contributed by atoms with Crippen molar-refractivity contribution in [2.75, 3.05) is 6.54 Å². The zero-order chi connectivity index (χ0) is 14.4. The topological polar surface area (TPSA) is 49.3 Å². The first kappa shape index (κ1) is 14.1. The number of rotatable bonds is 5. The van der Waals surface area contributed by atoms with Crippen molar-refractivity contribution in [3.8, 4) is 5.75 Å². The molecule has 0 spiro atoms. The number of hydrogen-bond donors (Lipinski definition) is 2. The van der Waals surface area contributed by atoms with Gasteiger partial charge in [-0.05, 0) is 42.2 Å². The zero-order valence-corrected chi connectivity index (χ0v) is 11.6. The molecule has 0 heterocycles. The molecule has 0 fully saturated rings. The maximum Gasteiger partial charge on any atom is 0.224 e. The molecule has 104 valence electrons. The van der Waals surface area contributed by atoms with Crippen molar-refractivity contribution in [2.45, 2.75) is 19.8 Å². The smallest absolute Gasteiger partial charge is 0.224 e. The lowest BCUT2D eigenvalue weighted by Gasteiger charge is -2.07. The maximum absolute atomic E-state index is 11.9. The van der Waals surface area contributed by atoms with Crippen molar-refractivity contribution in [2.24, 2.45) is 0 Å². The van der Waals surface area contributed by atoms with Crippen LogP contribution >= 0.6 is 0 Å². The second-order valence-electron chi connectivity index (χ2n) is 4.87. The Labute approximate surface area is 119 Å². The first-order valence-electron chi connectivity index (χ1n) is 6.74. The second kappa shape index (κ2) is 6.75. The highest BCUT2D eigenvalue weighted by Crippen LogP contribution is 2.10. The summed E-state index contributed by atoms with van der Waals surface area (Å²) < 4.78 is 0. The van der Waals surface area contributed by atoms with Gasteiger partial charge < -0.3 is 10.4 Å². The molecular formula is C17H19NO2. The molecule has 3 nitrogen and oxygen atoms in total. The Bertz CT molecular complexity index is 576. The molecule has 0 unspecified atom stereocenters. The van der Waals surface area contributed by atoms with Crippen LogP contribution in [0.4, 0.5) is 0 Å². The van der Waals surface area contributed by atoms with Crippen molar-refractivity contribution in [1.82, 2.24) is 5.32 Å². The van der Waals surface area contributed by atoms with Crippen LogP contribution in [-0.4, -0.2) is 17.6 Å². The Hall–Kier alpha value is -2.29. The molecule has 0 bridgehead atoms. The molecular weight excluding hydrogens is 250 g/mol. The van der Waals surface area contributed by atoms with E-state index in [1.807, 2.05) is 43.3 Å². The van der Waals surface area contributed by atoms with E-state index in [0.29, 0.717) is 13.0 Å². The highest BCUT2D eigenvalue weighted by atomic mass is 16.3. The molecule has 2 N–H and O–H groups in total. The summed E-state index contributed by atoms with van der Waals surface area (Å²) in [6.45, 7) is 2.62. The van der Waals surface area contributed by atoms with Gasteiger partial charge >= 0.3 is 0 Å². The third-order valence-corrected chi connectivity index (χ3v) is 3.28. The van der Waals surface area contributed by atoms with Gasteiger partial charge in [-0.25, -0.2) is 0 Å². The largest absolute Gasteiger partial charge is 0.508 e. The number of phenolic OH excluding ortho intramolecular Hbond substituents is 1. The molecule has 0 aliphatic rings. The third kappa shape index (κ3) is 4.12. The van der Waals surface area contributed by atoms with Crippen molar-refractivity contribution in [3.05, 3.63) is 65.2 Å². The Morgan fingerprint density at radius 1 is 1.10 bits per heavy atom. The lowest BCUT2D eigenvalue weighted by atomic mass is 10.1. The minimum atomic E-state index is 0.0399. The van der Waals surface area contributed by atoms with E-state index in [1.54, 1.807) is 12.1 Å². The summed E-state index contributed by atoms with van der Waals surface area (Å²) in [7, 11) is 0. The number of phenols is 1. The number of carbonyl (C=O) groups excluding carboxylic acids is 1. The molecule has 0 saturated heterocycles. The highest BCUT2D eigenvalue weighted by molar-refractivity contribution is 5.78. The fourth-order valence-electron chi connectivity index (χ4n) is 2.05. The van der Waals surface area contributed by atoms with E-state index in [0.717, 1.165) is 23.1 Å². The van der Waals surface area contributed by atoms with Gasteiger partial charge in [0.1, 0.15) is 5.75 Å². The lowest BCUT2D eigenvalue weighted by molar-refractivity contribution is -0.120. The van der Waals surface area contributed by atoms with Crippen LogP contribution in [0, 0.1) is 6.92 Å². The Morgan fingerprint density at radius 2 is 1.80 bits per heavy atom. The van der Waals surface area contributed by atoms with Gasteiger partial charge in [-0.15, -0.1) is 0 Å². The van der Waals surface area contributed by atoms with Gasteiger partial charge in [0, 0.05) is 6.54 Å². The van der Waals surface area contributed by atoms with Gasteiger partial charge in [-0.1, -0.05) is 36.4 Å². The molecule has 0 radical (unpaired) electrons. The van der Waals surface area contributed by atoms with Crippen molar-refractivity contribution >= 4 is 5.91 Å². The van der Waals surface area contributed by atoms with Gasteiger partial charge in [-0.2, -0.15) is 0 Å². The average molecular weight is 269 g/mol. The van der Waals surface area contributed by atoms with Crippen molar-refractivity contribution in [3.63, 3.8) is 0 Å². The van der Waals surface area contributed by atoms with Gasteiger partial charge in [0.05, 0.1) is 6.42 Å². The molecule has 0 aliphatic carbocycles. The molecule has 0 atom stereocenters. The normalized spacial score (nSPS) is 10.2. The van der Waals surface area contributed by atoms with E-state index in [9.17, 15) is 9.90 Å². The SMILES string of the molecule is Cc1ccccc1CC(=O)NCCc1ccc(O)cc1. The van der Waals surface area contributed by atoms with Crippen LogP contribution < -0.4 is 5.32 Å². The van der Waals surface area contributed by atoms with Crippen LogP contribution in [0.3, 0.4) is 0 Å². The van der Waals surface area contributed by atoms with Crippen LogP contribution in [0.1, 0.15) is 16.7 Å². The number of aryl methyl sites for hydroxylation is 1. The number of nitrogens with one attached hydrogen (secondary N) is 1. The number of hydrogen-bond acceptors (Lipinski definition) is 2. The molecule has 2 aromatic rings. The van der Waals surface area contributed by atoms with Gasteiger partial charge in [0.2, 0.25) is 5.91 Å². The molecule has 3 heteroatoms. The number of aromatic hydroxyl groups is 1. The average Bonchev–Trinajstić information content (AvgIpc) is 2.44. The molecule has 2 rings (SSSR count). The summed E-state index contributed by atoms with van der Waals surface area (Å²) in [5, 5.41) is 12.1. The van der Waals surface area contributed by atoms with Crippen LogP contribution in [0.2, 0.25) is 0 Å². The quantitative estimate of drug-likeness (QED) is 0.876. The van der Waals surface area contributed by atoms with Crippen LogP contribution in [-0.2, 0) is 17.6 Å². The van der Waals surface area contributed by atoms with E-state index in [2.05, 4.69) is 5.32 Å². The first-order chi connectivity index (χ1) is 9.65. The van der Waals surface area contributed by atoms with Crippen LogP contribution in [0.25, 0.3) is 0 Å². The van der Waals surface area contributed by atoms with Crippen LogP contribution in [0.15, 0.2) is 48.5 Å². The van der Waals surface area contributed by atoms with E-state index in [4.69, 9.17) is 0 Å². The van der Waals surface area contributed by atoms with E-state index in [-0.39, 0.29) is 11.7 Å².